The highest BCUT2D eigenvalue weighted by atomic mass is 16.6. The first-order valence-corrected chi connectivity index (χ1v) is 5.52. The number of carbonyl (C=O) groups excluding carboxylic acids is 1. The van der Waals surface area contributed by atoms with Gasteiger partial charge in [0.05, 0.1) is 5.92 Å². The Morgan fingerprint density at radius 3 is 2.47 bits per heavy atom. The van der Waals surface area contributed by atoms with Gasteiger partial charge in [-0.3, -0.25) is 10.1 Å². The van der Waals surface area contributed by atoms with Crippen LogP contribution in [-0.2, 0) is 4.79 Å². The number of hydrogen-bond acceptors (Lipinski definition) is 3. The predicted molar refractivity (Wildman–Crippen MR) is 65.6 cm³/mol. The van der Waals surface area contributed by atoms with E-state index in [4.69, 9.17) is 0 Å². The summed E-state index contributed by atoms with van der Waals surface area (Å²) in [5, 5.41) is 10.7. The van der Waals surface area contributed by atoms with Crippen LogP contribution >= 0.6 is 0 Å². The van der Waals surface area contributed by atoms with Gasteiger partial charge in [-0.25, -0.2) is 0 Å². The number of benzene rings is 1. The van der Waals surface area contributed by atoms with E-state index in [1.165, 1.54) is 0 Å². The lowest BCUT2D eigenvalue weighted by Crippen LogP contribution is -2.30. The second-order valence-electron chi connectivity index (χ2n) is 4.86. The molecule has 0 saturated heterocycles. The number of aryl methyl sites for hydroxylation is 1. The summed E-state index contributed by atoms with van der Waals surface area (Å²) in [6, 6.07) is 7.49. The van der Waals surface area contributed by atoms with E-state index in [0.717, 1.165) is 17.4 Å². The van der Waals surface area contributed by atoms with Crippen LogP contribution in [0.15, 0.2) is 24.3 Å². The van der Waals surface area contributed by atoms with Crippen LogP contribution in [0.25, 0.3) is 0 Å². The molecular weight excluding hydrogens is 218 g/mol. The molecule has 4 heteroatoms. The molecule has 0 N–H and O–H groups in total. The minimum absolute atomic E-state index is 0.226. The second-order valence-corrected chi connectivity index (χ2v) is 4.86. The molecule has 0 aliphatic rings. The van der Waals surface area contributed by atoms with Crippen molar-refractivity contribution in [2.45, 2.75) is 26.7 Å². The van der Waals surface area contributed by atoms with Gasteiger partial charge in [0.1, 0.15) is 6.29 Å². The smallest absolute Gasteiger partial charge is 0.211 e. The molecule has 0 aromatic heterocycles. The summed E-state index contributed by atoms with van der Waals surface area (Å²) in [5.74, 6) is -0.392. The largest absolute Gasteiger partial charge is 0.303 e. The van der Waals surface area contributed by atoms with Gasteiger partial charge in [-0.15, -0.1) is 0 Å². The van der Waals surface area contributed by atoms with Crippen molar-refractivity contribution in [1.82, 2.24) is 0 Å². The Morgan fingerprint density at radius 2 is 2.00 bits per heavy atom. The monoisotopic (exact) mass is 235 g/mol. The quantitative estimate of drug-likeness (QED) is 0.447. The fourth-order valence-electron chi connectivity index (χ4n) is 1.94. The molecule has 1 atom stereocenters. The van der Waals surface area contributed by atoms with Crippen LogP contribution in [0.3, 0.4) is 0 Å². The Balaban J connectivity index is 3.20. The van der Waals surface area contributed by atoms with Crippen LogP contribution in [-0.4, -0.2) is 17.8 Å². The van der Waals surface area contributed by atoms with Crippen molar-refractivity contribution in [1.29, 1.82) is 0 Å². The van der Waals surface area contributed by atoms with Crippen molar-refractivity contribution in [2.24, 2.45) is 5.41 Å². The molecule has 92 valence electrons. The molecule has 0 aliphatic carbocycles. The van der Waals surface area contributed by atoms with E-state index in [2.05, 4.69) is 0 Å². The topological polar surface area (TPSA) is 60.2 Å². The zero-order valence-corrected chi connectivity index (χ0v) is 10.3. The standard InChI is InChI=1S/C13H17NO3/c1-10-6-4-5-7-11(10)12(8-14(16)17)13(2,3)9-15/h4-7,9,12H,8H2,1-3H3/t12-/m0/s1. The van der Waals surface area contributed by atoms with Crippen molar-refractivity contribution in [3.63, 3.8) is 0 Å². The van der Waals surface area contributed by atoms with E-state index in [9.17, 15) is 14.9 Å². The number of nitrogens with zero attached hydrogens (tertiary/aromatic N) is 1. The highest BCUT2D eigenvalue weighted by Crippen LogP contribution is 2.35. The van der Waals surface area contributed by atoms with Gasteiger partial charge in [-0.05, 0) is 18.1 Å². The van der Waals surface area contributed by atoms with Crippen molar-refractivity contribution < 1.29 is 9.72 Å². The second kappa shape index (κ2) is 5.08. The van der Waals surface area contributed by atoms with Crippen LogP contribution < -0.4 is 0 Å². The van der Waals surface area contributed by atoms with Crippen LogP contribution in [0, 0.1) is 22.5 Å². The van der Waals surface area contributed by atoms with Gasteiger partial charge in [0.2, 0.25) is 6.54 Å². The minimum Gasteiger partial charge on any atom is -0.303 e. The third-order valence-corrected chi connectivity index (χ3v) is 3.10. The normalized spacial score (nSPS) is 13.1. The molecule has 1 aromatic rings. The van der Waals surface area contributed by atoms with E-state index in [1.807, 2.05) is 31.2 Å². The lowest BCUT2D eigenvalue weighted by Gasteiger charge is -2.27. The molecule has 0 amide bonds. The molecule has 0 heterocycles. The fraction of sp³-hybridized carbons (Fsp3) is 0.462. The lowest BCUT2D eigenvalue weighted by molar-refractivity contribution is -0.485. The number of hydrogen-bond donors (Lipinski definition) is 0. The van der Waals surface area contributed by atoms with E-state index < -0.39 is 11.3 Å². The van der Waals surface area contributed by atoms with Gasteiger partial charge in [0, 0.05) is 10.3 Å². The fourth-order valence-corrected chi connectivity index (χ4v) is 1.94. The Labute approximate surface area is 101 Å². The summed E-state index contributed by atoms with van der Waals surface area (Å²) >= 11 is 0. The summed E-state index contributed by atoms with van der Waals surface area (Å²) in [6.07, 6.45) is 0.799. The Kier molecular flexibility index (Phi) is 3.99. The van der Waals surface area contributed by atoms with Crippen LogP contribution in [0.2, 0.25) is 0 Å². The molecule has 4 nitrogen and oxygen atoms in total. The molecule has 0 radical (unpaired) electrons. The van der Waals surface area contributed by atoms with E-state index in [-0.39, 0.29) is 11.5 Å². The van der Waals surface area contributed by atoms with Gasteiger partial charge < -0.3 is 4.79 Å². The molecule has 0 aliphatic heterocycles. The van der Waals surface area contributed by atoms with Gasteiger partial charge >= 0.3 is 0 Å². The molecule has 17 heavy (non-hydrogen) atoms. The van der Waals surface area contributed by atoms with E-state index >= 15 is 0 Å². The number of carbonyl (C=O) groups is 1. The Bertz CT molecular complexity index is 426. The third-order valence-electron chi connectivity index (χ3n) is 3.10. The molecule has 1 aromatic carbocycles. The van der Waals surface area contributed by atoms with Crippen LogP contribution in [0.5, 0.6) is 0 Å². The average molecular weight is 235 g/mol. The zero-order valence-electron chi connectivity index (χ0n) is 10.3. The summed E-state index contributed by atoms with van der Waals surface area (Å²) in [5.41, 5.74) is 1.12. The highest BCUT2D eigenvalue weighted by Gasteiger charge is 2.35. The minimum atomic E-state index is -0.737. The lowest BCUT2D eigenvalue weighted by atomic mass is 9.75. The summed E-state index contributed by atoms with van der Waals surface area (Å²) in [4.78, 5) is 21.5. The summed E-state index contributed by atoms with van der Waals surface area (Å²) < 4.78 is 0. The predicted octanol–water partition coefficient (Wildman–Crippen LogP) is 2.58. The summed E-state index contributed by atoms with van der Waals surface area (Å²) in [6.45, 7) is 5.15. The van der Waals surface area contributed by atoms with Crippen molar-refractivity contribution in [2.75, 3.05) is 6.54 Å². The average Bonchev–Trinajstić information content (AvgIpc) is 2.26. The van der Waals surface area contributed by atoms with Crippen LogP contribution in [0.1, 0.15) is 30.9 Å². The number of nitro groups is 1. The first-order chi connectivity index (χ1) is 7.88. The van der Waals surface area contributed by atoms with Gasteiger partial charge in [0.25, 0.3) is 0 Å². The van der Waals surface area contributed by atoms with Crippen molar-refractivity contribution in [3.8, 4) is 0 Å². The maximum Gasteiger partial charge on any atom is 0.211 e. The maximum absolute atomic E-state index is 11.1. The number of rotatable bonds is 5. The third kappa shape index (κ3) is 3.12. The first kappa shape index (κ1) is 13.4. The van der Waals surface area contributed by atoms with Gasteiger partial charge in [-0.2, -0.15) is 0 Å². The molecule has 1 rings (SSSR count). The molecule has 0 spiro atoms. The Hall–Kier alpha value is -1.71. The summed E-state index contributed by atoms with van der Waals surface area (Å²) in [7, 11) is 0. The van der Waals surface area contributed by atoms with Crippen molar-refractivity contribution >= 4 is 6.29 Å². The van der Waals surface area contributed by atoms with E-state index in [0.29, 0.717) is 0 Å². The van der Waals surface area contributed by atoms with Gasteiger partial charge in [-0.1, -0.05) is 38.1 Å². The number of aldehydes is 1. The molecule has 0 fully saturated rings. The molecule has 0 saturated carbocycles. The molecule has 0 unspecified atom stereocenters. The SMILES string of the molecule is Cc1ccccc1[C@H](C[N+](=O)[O-])C(C)(C)C=O. The molecule has 0 bridgehead atoms. The van der Waals surface area contributed by atoms with E-state index in [1.54, 1.807) is 13.8 Å². The highest BCUT2D eigenvalue weighted by molar-refractivity contribution is 5.61. The Morgan fingerprint density at radius 1 is 1.41 bits per heavy atom. The maximum atomic E-state index is 11.1. The van der Waals surface area contributed by atoms with Crippen molar-refractivity contribution in [3.05, 3.63) is 45.5 Å². The van der Waals surface area contributed by atoms with Gasteiger partial charge in [0.15, 0.2) is 0 Å². The van der Waals surface area contributed by atoms with Crippen LogP contribution in [0.4, 0.5) is 0 Å². The first-order valence-electron chi connectivity index (χ1n) is 5.52. The molecular formula is C13H17NO3. The zero-order chi connectivity index (χ0) is 13.1.